The number of terminal acetylenes is 1. The number of nitrogens with zero attached hydrogens (tertiary/aromatic N) is 4. The summed E-state index contributed by atoms with van der Waals surface area (Å²) in [6.45, 7) is 18.3. The second-order valence-electron chi connectivity index (χ2n) is 17.6. The molecule has 8 nitrogen and oxygen atoms in total. The third-order valence-electron chi connectivity index (χ3n) is 13.3. The minimum absolute atomic E-state index is 0.0940. The van der Waals surface area contributed by atoms with Crippen molar-refractivity contribution in [1.82, 2.24) is 20.2 Å². The Bertz CT molecular complexity index is 2130. The summed E-state index contributed by atoms with van der Waals surface area (Å²) in [5.74, 6) is 3.26. The molecule has 272 valence electrons. The van der Waals surface area contributed by atoms with Gasteiger partial charge in [-0.15, -0.1) is 6.42 Å². The average Bonchev–Trinajstić information content (AvgIpc) is 3.60. The number of anilines is 1. The Morgan fingerprint density at radius 3 is 2.44 bits per heavy atom. The Kier molecular flexibility index (Phi) is 7.83. The molecule has 4 aliphatic heterocycles. The predicted octanol–water partition coefficient (Wildman–Crippen LogP) is 7.17. The van der Waals surface area contributed by atoms with Crippen LogP contribution in [0.3, 0.4) is 0 Å². The van der Waals surface area contributed by atoms with E-state index in [1.165, 1.54) is 6.07 Å². The fourth-order valence-electron chi connectivity index (χ4n) is 9.97. The predicted molar refractivity (Wildman–Crippen MR) is 204 cm³/mol. The highest BCUT2D eigenvalue weighted by molar-refractivity contribution is 6.06. The van der Waals surface area contributed by atoms with E-state index < -0.39 is 5.82 Å². The molecule has 4 atom stereocenters. The summed E-state index contributed by atoms with van der Waals surface area (Å²) in [6.07, 6.45) is 10.5. The van der Waals surface area contributed by atoms with Gasteiger partial charge in [-0.25, -0.2) is 4.39 Å². The topological polar surface area (TPSA) is 83.0 Å². The largest absolute Gasteiger partial charge is 0.508 e. The van der Waals surface area contributed by atoms with Gasteiger partial charge in [0.15, 0.2) is 0 Å². The van der Waals surface area contributed by atoms with Gasteiger partial charge in [0.2, 0.25) is 0 Å². The number of likely N-dealkylation sites (tertiary alicyclic amines) is 1. The lowest BCUT2D eigenvalue weighted by molar-refractivity contribution is 0.112. The number of aromatic hydroxyl groups is 1. The molecule has 2 unspecified atom stereocenters. The summed E-state index contributed by atoms with van der Waals surface area (Å²) >= 11 is 0. The van der Waals surface area contributed by atoms with Gasteiger partial charge in [0, 0.05) is 71.8 Å². The normalized spacial score (nSPS) is 27.8. The summed E-state index contributed by atoms with van der Waals surface area (Å²) in [5, 5.41) is 17.0. The lowest BCUT2D eigenvalue weighted by Crippen LogP contribution is -2.51. The van der Waals surface area contributed by atoms with Crippen LogP contribution in [-0.4, -0.2) is 84.6 Å². The van der Waals surface area contributed by atoms with Crippen molar-refractivity contribution in [3.8, 4) is 35.2 Å². The van der Waals surface area contributed by atoms with E-state index in [1.54, 1.807) is 18.2 Å². The Morgan fingerprint density at radius 1 is 1.08 bits per heavy atom. The molecule has 52 heavy (non-hydrogen) atoms. The number of phenols is 1. The van der Waals surface area contributed by atoms with E-state index in [0.29, 0.717) is 41.0 Å². The Hall–Kier alpha value is -3.97. The van der Waals surface area contributed by atoms with Crippen LogP contribution in [0, 0.1) is 41.3 Å². The molecule has 1 saturated carbocycles. The molecule has 2 bridgehead atoms. The molecule has 5 fully saturated rings. The molecule has 5 heterocycles. The standard InChI is InChI=1S/C43H50FN5O3/c1-7-31-35(44)11-8-27-14-30(50)15-33(37(27)31)36-26(4)38-34(16-32(36)25(2)3)39(49-17-28-9-10-29(18-49)45-28)47-40(46-38)52-24-43(12-13-43)21-48-19-41(5)22-51-23-42(41,6)20-48/h1,8,11,14-16,25,28-29,45,50H,9-10,12-13,17-24H2,2-6H3/t28?,29?,41-,42+. The van der Waals surface area contributed by atoms with Crippen molar-refractivity contribution in [3.05, 3.63) is 52.8 Å². The molecule has 0 radical (unpaired) electrons. The van der Waals surface area contributed by atoms with Gasteiger partial charge in [-0.2, -0.15) is 9.97 Å². The quantitative estimate of drug-likeness (QED) is 0.187. The number of hydrogen-bond donors (Lipinski definition) is 2. The monoisotopic (exact) mass is 703 g/mol. The molecule has 1 aliphatic carbocycles. The second-order valence-corrected chi connectivity index (χ2v) is 17.6. The zero-order valence-corrected chi connectivity index (χ0v) is 31.1. The van der Waals surface area contributed by atoms with Crippen molar-refractivity contribution in [1.29, 1.82) is 0 Å². The van der Waals surface area contributed by atoms with Gasteiger partial charge < -0.3 is 29.7 Å². The van der Waals surface area contributed by atoms with E-state index in [-0.39, 0.29) is 33.5 Å². The fourth-order valence-corrected chi connectivity index (χ4v) is 9.97. The molecule has 4 saturated heterocycles. The molecule has 9 rings (SSSR count). The maximum Gasteiger partial charge on any atom is 0.318 e. The first kappa shape index (κ1) is 33.8. The number of ether oxygens (including phenoxy) is 2. The molecule has 2 N–H and O–H groups in total. The third kappa shape index (κ3) is 5.44. The zero-order valence-electron chi connectivity index (χ0n) is 31.1. The minimum atomic E-state index is -0.456. The highest BCUT2D eigenvalue weighted by atomic mass is 19.1. The maximum absolute atomic E-state index is 15.3. The second kappa shape index (κ2) is 12.0. The number of piperazine rings is 1. The third-order valence-corrected chi connectivity index (χ3v) is 13.3. The van der Waals surface area contributed by atoms with Crippen molar-refractivity contribution in [3.63, 3.8) is 0 Å². The summed E-state index contributed by atoms with van der Waals surface area (Å²) < 4.78 is 27.9. The number of aryl methyl sites for hydroxylation is 1. The minimum Gasteiger partial charge on any atom is -0.508 e. The van der Waals surface area contributed by atoms with E-state index in [4.69, 9.17) is 25.9 Å². The SMILES string of the molecule is C#Cc1c(F)ccc2cc(O)cc(-c3c(C(C)C)cc4c(N5CC6CCC(C5)N6)nc(OCC5(CN6C[C@]7(C)COC[C@]7(C)C6)CC5)nc4c3C)c12. The van der Waals surface area contributed by atoms with Crippen LogP contribution in [0.5, 0.6) is 11.8 Å². The number of aromatic nitrogens is 2. The number of halogens is 1. The van der Waals surface area contributed by atoms with Gasteiger partial charge in [0.25, 0.3) is 0 Å². The average molecular weight is 704 g/mol. The molecule has 5 aliphatic rings. The van der Waals surface area contributed by atoms with E-state index in [9.17, 15) is 5.11 Å². The first-order valence-electron chi connectivity index (χ1n) is 19.1. The number of benzene rings is 3. The molecule has 4 aromatic rings. The van der Waals surface area contributed by atoms with Crippen LogP contribution < -0.4 is 15.0 Å². The molecular formula is C43H50FN5O3. The highest BCUT2D eigenvalue weighted by Gasteiger charge is 2.57. The van der Waals surface area contributed by atoms with Crippen LogP contribution in [-0.2, 0) is 4.74 Å². The van der Waals surface area contributed by atoms with Crippen LogP contribution in [0.4, 0.5) is 10.2 Å². The van der Waals surface area contributed by atoms with E-state index >= 15 is 4.39 Å². The van der Waals surface area contributed by atoms with Crippen molar-refractivity contribution in [2.75, 3.05) is 57.4 Å². The Balaban J connectivity index is 1.15. The molecule has 3 aromatic carbocycles. The van der Waals surface area contributed by atoms with E-state index in [2.05, 4.69) is 61.7 Å². The lowest BCUT2D eigenvalue weighted by atomic mass is 9.71. The highest BCUT2D eigenvalue weighted by Crippen LogP contribution is 2.54. The molecule has 9 heteroatoms. The first-order valence-corrected chi connectivity index (χ1v) is 19.1. The van der Waals surface area contributed by atoms with E-state index in [1.807, 2.05) is 0 Å². The summed E-state index contributed by atoms with van der Waals surface area (Å²) in [7, 11) is 0. The van der Waals surface area contributed by atoms with Crippen LogP contribution in [0.1, 0.15) is 76.0 Å². The number of hydrogen-bond acceptors (Lipinski definition) is 8. The summed E-state index contributed by atoms with van der Waals surface area (Å²) in [4.78, 5) is 15.5. The number of rotatable bonds is 8. The van der Waals surface area contributed by atoms with Gasteiger partial charge >= 0.3 is 6.01 Å². The van der Waals surface area contributed by atoms with Crippen molar-refractivity contribution in [2.24, 2.45) is 16.2 Å². The number of phenolic OH excluding ortho intramolecular Hbond substituents is 1. The van der Waals surface area contributed by atoms with Crippen LogP contribution >= 0.6 is 0 Å². The fraction of sp³-hybridized carbons (Fsp3) is 0.535. The summed E-state index contributed by atoms with van der Waals surface area (Å²) in [6, 6.07) is 9.88. The van der Waals surface area contributed by atoms with E-state index in [0.717, 1.165) is 105 Å². The molecule has 0 spiro atoms. The van der Waals surface area contributed by atoms with Gasteiger partial charge in [-0.3, -0.25) is 0 Å². The van der Waals surface area contributed by atoms with Crippen molar-refractivity contribution in [2.45, 2.75) is 78.3 Å². The summed E-state index contributed by atoms with van der Waals surface area (Å²) in [5.41, 5.74) is 5.09. The Morgan fingerprint density at radius 2 is 1.79 bits per heavy atom. The number of fused-ring (bicyclic) bond motifs is 5. The molecular weight excluding hydrogens is 654 g/mol. The van der Waals surface area contributed by atoms with Crippen LogP contribution in [0.2, 0.25) is 0 Å². The van der Waals surface area contributed by atoms with Crippen LogP contribution in [0.15, 0.2) is 30.3 Å². The van der Waals surface area contributed by atoms with Gasteiger partial charge in [-0.05, 0) is 90.4 Å². The van der Waals surface area contributed by atoms with Gasteiger partial charge in [0.05, 0.1) is 30.9 Å². The first-order chi connectivity index (χ1) is 24.9. The smallest absolute Gasteiger partial charge is 0.318 e. The van der Waals surface area contributed by atoms with Crippen molar-refractivity contribution < 1.29 is 19.0 Å². The van der Waals surface area contributed by atoms with Gasteiger partial charge in [0.1, 0.15) is 17.4 Å². The van der Waals surface area contributed by atoms with Crippen molar-refractivity contribution >= 4 is 27.5 Å². The lowest BCUT2D eigenvalue weighted by Gasteiger charge is -2.34. The number of nitrogens with one attached hydrogen (secondary N) is 1. The molecule has 1 aromatic heterocycles. The Labute approximate surface area is 306 Å². The maximum atomic E-state index is 15.3. The zero-order chi connectivity index (χ0) is 36.2. The van der Waals surface area contributed by atoms with Gasteiger partial charge in [-0.1, -0.05) is 39.7 Å². The molecule has 0 amide bonds. The van der Waals surface area contributed by atoms with Crippen LogP contribution in [0.25, 0.3) is 32.8 Å².